The van der Waals surface area contributed by atoms with Crippen LogP contribution in [0.15, 0.2) is 54.6 Å². The maximum absolute atomic E-state index is 13.6. The quantitative estimate of drug-likeness (QED) is 0.109. The van der Waals surface area contributed by atoms with Gasteiger partial charge in [0.25, 0.3) is 0 Å². The van der Waals surface area contributed by atoms with Crippen molar-refractivity contribution in [3.05, 3.63) is 65.7 Å². The van der Waals surface area contributed by atoms with Gasteiger partial charge in [-0.25, -0.2) is 17.9 Å². The second-order valence-electron chi connectivity index (χ2n) is 14.4. The Kier molecular flexibility index (Phi) is 11.2. The number of carbonyl (C=O) groups excluding carboxylic acids is 5. The number of guanidine groups is 1. The molecule has 50 heavy (non-hydrogen) atoms. The Morgan fingerprint density at radius 2 is 1.68 bits per heavy atom. The summed E-state index contributed by atoms with van der Waals surface area (Å²) in [5, 5.41) is 10.2. The second kappa shape index (κ2) is 14.7. The van der Waals surface area contributed by atoms with E-state index >= 15 is 0 Å². The Morgan fingerprint density at radius 1 is 1.04 bits per heavy atom. The monoisotopic (exact) mass is 711 g/mol. The van der Waals surface area contributed by atoms with Gasteiger partial charge in [0, 0.05) is 17.5 Å². The first kappa shape index (κ1) is 38.2. The summed E-state index contributed by atoms with van der Waals surface area (Å²) in [4.78, 5) is 64.4. The van der Waals surface area contributed by atoms with E-state index in [1.807, 2.05) is 13.8 Å². The SMILES string of the molecule is CC(C)(C)OC(=O)[C@H](Cc1ccc(NC(=O)CC(=O)N(C(=N)N)C(=O)OCc2ccccc2)cc1)NS(=O)(=O)C[C@]12CCC(CC1=O)C2(C)C. The van der Waals surface area contributed by atoms with Gasteiger partial charge in [-0.05, 0) is 74.6 Å². The van der Waals surface area contributed by atoms with E-state index in [9.17, 15) is 32.4 Å². The summed E-state index contributed by atoms with van der Waals surface area (Å²) in [6.45, 7) is 8.70. The number of carbonyl (C=O) groups is 5. The molecule has 2 aliphatic rings. The lowest BCUT2D eigenvalue weighted by Crippen LogP contribution is -2.50. The van der Waals surface area contributed by atoms with Crippen molar-refractivity contribution >= 4 is 51.3 Å². The van der Waals surface area contributed by atoms with Gasteiger partial charge in [0.15, 0.2) is 0 Å². The van der Waals surface area contributed by atoms with E-state index in [4.69, 9.17) is 20.6 Å². The summed E-state index contributed by atoms with van der Waals surface area (Å²) in [6.07, 6.45) is -0.518. The first-order chi connectivity index (χ1) is 23.2. The molecule has 14 nitrogen and oxygen atoms in total. The van der Waals surface area contributed by atoms with Crippen LogP contribution in [0, 0.1) is 22.2 Å². The van der Waals surface area contributed by atoms with E-state index in [-0.39, 0.29) is 35.3 Å². The van der Waals surface area contributed by atoms with Crippen LogP contribution in [0.5, 0.6) is 0 Å². The van der Waals surface area contributed by atoms with Crippen LogP contribution in [-0.4, -0.2) is 66.3 Å². The normalized spacial score (nSPS) is 20.1. The highest BCUT2D eigenvalue weighted by molar-refractivity contribution is 7.89. The second-order valence-corrected chi connectivity index (χ2v) is 16.2. The molecule has 3 atom stereocenters. The van der Waals surface area contributed by atoms with E-state index in [1.165, 1.54) is 12.1 Å². The van der Waals surface area contributed by atoms with Crippen LogP contribution in [-0.2, 0) is 51.7 Å². The van der Waals surface area contributed by atoms with E-state index in [1.54, 1.807) is 63.2 Å². The lowest BCUT2D eigenvalue weighted by Gasteiger charge is -2.36. The number of nitrogens with one attached hydrogen (secondary N) is 3. The summed E-state index contributed by atoms with van der Waals surface area (Å²) in [5.41, 5.74) is 4.45. The van der Waals surface area contributed by atoms with Gasteiger partial charge in [0.1, 0.15) is 30.5 Å². The van der Waals surface area contributed by atoms with Crippen molar-refractivity contribution in [1.29, 1.82) is 5.41 Å². The van der Waals surface area contributed by atoms with Crippen LogP contribution in [0.2, 0.25) is 0 Å². The zero-order valence-electron chi connectivity index (χ0n) is 28.9. The third-order valence-corrected chi connectivity index (χ3v) is 11.0. The number of esters is 1. The number of anilines is 1. The molecule has 5 N–H and O–H groups in total. The van der Waals surface area contributed by atoms with E-state index in [0.29, 0.717) is 24.0 Å². The fraction of sp³-hybridized carbons (Fsp3) is 0.486. The predicted octanol–water partition coefficient (Wildman–Crippen LogP) is 3.64. The molecule has 4 rings (SSSR count). The first-order valence-electron chi connectivity index (χ1n) is 16.3. The van der Waals surface area contributed by atoms with Crippen LogP contribution in [0.1, 0.15) is 71.4 Å². The molecule has 270 valence electrons. The van der Waals surface area contributed by atoms with Gasteiger partial charge >= 0.3 is 12.1 Å². The number of ether oxygens (including phenoxy) is 2. The van der Waals surface area contributed by atoms with Crippen LogP contribution in [0.25, 0.3) is 0 Å². The molecule has 2 saturated carbocycles. The molecular weight excluding hydrogens is 666 g/mol. The molecule has 0 radical (unpaired) electrons. The fourth-order valence-electron chi connectivity index (χ4n) is 6.74. The Bertz CT molecular complexity index is 1750. The van der Waals surface area contributed by atoms with Crippen molar-refractivity contribution in [1.82, 2.24) is 9.62 Å². The summed E-state index contributed by atoms with van der Waals surface area (Å²) >= 11 is 0. The molecule has 15 heteroatoms. The zero-order valence-corrected chi connectivity index (χ0v) is 29.7. The zero-order chi connectivity index (χ0) is 37.1. The van der Waals surface area contributed by atoms with Gasteiger partial charge in [-0.1, -0.05) is 56.3 Å². The third-order valence-electron chi connectivity index (χ3n) is 9.46. The van der Waals surface area contributed by atoms with Crippen LogP contribution in [0.4, 0.5) is 10.5 Å². The number of rotatable bonds is 12. The number of fused-ring (bicyclic) bond motifs is 2. The van der Waals surface area contributed by atoms with Gasteiger partial charge in [-0.3, -0.25) is 24.6 Å². The summed E-state index contributed by atoms with van der Waals surface area (Å²) in [5.74, 6) is -3.93. The topological polar surface area (TPSA) is 215 Å². The maximum atomic E-state index is 13.6. The summed E-state index contributed by atoms with van der Waals surface area (Å²) in [6, 6.07) is 13.5. The number of nitrogens with zero attached hydrogens (tertiary/aromatic N) is 1. The minimum Gasteiger partial charge on any atom is -0.459 e. The number of benzene rings is 2. The van der Waals surface area contributed by atoms with E-state index in [0.717, 1.165) is 6.42 Å². The standard InChI is InChI=1S/C35H45N5O9S/c1-33(2,3)49-30(44)26(39-50(46,47)21-35-16-15-24(18-27(35)41)34(35,4)5)17-22-11-13-25(14-12-22)38-28(42)19-29(43)40(31(36)37)32(45)48-20-23-9-7-6-8-10-23/h6-14,24,26,39H,15-21H2,1-5H3,(H3,36,37)(H,38,42)/t24?,26-,35+/m0/s1. The van der Waals surface area contributed by atoms with Crippen molar-refractivity contribution in [3.8, 4) is 0 Å². The lowest BCUT2D eigenvalue weighted by molar-refractivity contribution is -0.157. The smallest absolute Gasteiger partial charge is 0.423 e. The Labute approximate surface area is 292 Å². The summed E-state index contributed by atoms with van der Waals surface area (Å²) in [7, 11) is -4.13. The van der Waals surface area contributed by atoms with Crippen molar-refractivity contribution in [2.75, 3.05) is 11.1 Å². The Hall–Kier alpha value is -4.63. The number of nitrogens with two attached hydrogens (primary N) is 1. The molecule has 2 fully saturated rings. The third kappa shape index (κ3) is 8.93. The number of sulfonamides is 1. The number of hydrogen-bond donors (Lipinski definition) is 4. The molecule has 0 heterocycles. The van der Waals surface area contributed by atoms with Gasteiger partial charge in [-0.2, -0.15) is 4.90 Å². The van der Waals surface area contributed by atoms with Crippen molar-refractivity contribution in [2.45, 2.75) is 85.0 Å². The summed E-state index contributed by atoms with van der Waals surface area (Å²) < 4.78 is 40.3. The average molecular weight is 712 g/mol. The Morgan fingerprint density at radius 3 is 2.22 bits per heavy atom. The molecule has 0 spiro atoms. The Balaban J connectivity index is 1.40. The van der Waals surface area contributed by atoms with Gasteiger partial charge < -0.3 is 20.5 Å². The van der Waals surface area contributed by atoms with Crippen molar-refractivity contribution in [2.24, 2.45) is 22.5 Å². The highest BCUT2D eigenvalue weighted by Gasteiger charge is 2.65. The van der Waals surface area contributed by atoms with Gasteiger partial charge in [0.2, 0.25) is 27.8 Å². The average Bonchev–Trinajstić information content (AvgIpc) is 3.34. The van der Waals surface area contributed by atoms with Crippen LogP contribution >= 0.6 is 0 Å². The van der Waals surface area contributed by atoms with E-state index in [2.05, 4.69) is 10.0 Å². The molecule has 2 aromatic rings. The number of amides is 3. The molecule has 2 aromatic carbocycles. The lowest BCUT2D eigenvalue weighted by atomic mass is 9.70. The molecule has 3 amide bonds. The first-order valence-corrected chi connectivity index (χ1v) is 17.9. The number of imide groups is 1. The van der Waals surface area contributed by atoms with Crippen molar-refractivity contribution in [3.63, 3.8) is 0 Å². The largest absolute Gasteiger partial charge is 0.459 e. The minimum absolute atomic E-state index is 0.0609. The number of ketones is 1. The number of hydrogen-bond acceptors (Lipinski definition) is 10. The van der Waals surface area contributed by atoms with Gasteiger partial charge in [-0.15, -0.1) is 0 Å². The van der Waals surface area contributed by atoms with Gasteiger partial charge in [0.05, 0.1) is 5.75 Å². The molecule has 2 bridgehead atoms. The molecule has 0 aliphatic heterocycles. The predicted molar refractivity (Wildman–Crippen MR) is 184 cm³/mol. The van der Waals surface area contributed by atoms with E-state index < -0.39 is 74.5 Å². The van der Waals surface area contributed by atoms with Crippen molar-refractivity contribution < 1.29 is 41.9 Å². The fourth-order valence-corrected chi connectivity index (χ4v) is 8.76. The molecular formula is C35H45N5O9S. The minimum atomic E-state index is -4.13. The molecule has 0 aromatic heterocycles. The highest BCUT2D eigenvalue weighted by atomic mass is 32.2. The van der Waals surface area contributed by atoms with Crippen LogP contribution < -0.4 is 15.8 Å². The number of Topliss-reactive ketones (excluding diaryl/α,β-unsaturated/α-hetero) is 1. The molecule has 2 aliphatic carbocycles. The molecule has 1 unspecified atom stereocenters. The van der Waals surface area contributed by atoms with Crippen LogP contribution in [0.3, 0.4) is 0 Å². The highest BCUT2D eigenvalue weighted by Crippen LogP contribution is 2.64. The maximum Gasteiger partial charge on any atom is 0.423 e. The molecule has 0 saturated heterocycles.